The highest BCUT2D eigenvalue weighted by molar-refractivity contribution is 7.09. The Labute approximate surface area is 158 Å². The molecule has 1 fully saturated rings. The zero-order valence-electron chi connectivity index (χ0n) is 15.4. The Kier molecular flexibility index (Phi) is 6.24. The third-order valence-electron chi connectivity index (χ3n) is 4.17. The second kappa shape index (κ2) is 8.62. The summed E-state index contributed by atoms with van der Waals surface area (Å²) in [4.78, 5) is 19.3. The Morgan fingerprint density at radius 1 is 1.35 bits per heavy atom. The number of morpholine rings is 1. The molecule has 7 heteroatoms. The van der Waals surface area contributed by atoms with Gasteiger partial charge in [-0.05, 0) is 26.0 Å². The number of ether oxygens (including phenoxy) is 2. The Morgan fingerprint density at radius 3 is 2.81 bits per heavy atom. The van der Waals surface area contributed by atoms with Gasteiger partial charge in [0.15, 0.2) is 0 Å². The molecular formula is C19H25N3O3S. The van der Waals surface area contributed by atoms with E-state index in [1.54, 1.807) is 7.11 Å². The minimum Gasteiger partial charge on any atom is -0.495 e. The smallest absolute Gasteiger partial charge is 0.231 e. The van der Waals surface area contributed by atoms with E-state index in [1.165, 1.54) is 11.3 Å². The standard InChI is InChI=1S/C19H25N3O3S/c1-13-9-22(10-14(2)25-13)11-15-12-26-19(20-15)8-18(23)21-16-6-4-5-7-17(16)24-3/h4-7,12-14H,8-11H2,1-3H3,(H,21,23)/t13-,14+. The second-order valence-corrected chi connectivity index (χ2v) is 7.55. The van der Waals surface area contributed by atoms with E-state index < -0.39 is 0 Å². The minimum absolute atomic E-state index is 0.0935. The van der Waals surface area contributed by atoms with Gasteiger partial charge in [-0.3, -0.25) is 9.69 Å². The molecule has 3 rings (SSSR count). The van der Waals surface area contributed by atoms with Crippen molar-refractivity contribution in [1.82, 2.24) is 9.88 Å². The first-order chi connectivity index (χ1) is 12.5. The van der Waals surface area contributed by atoms with Crippen LogP contribution in [0.2, 0.25) is 0 Å². The summed E-state index contributed by atoms with van der Waals surface area (Å²) in [5, 5.41) is 5.75. The molecule has 140 valence electrons. The number of hydrogen-bond donors (Lipinski definition) is 1. The summed E-state index contributed by atoms with van der Waals surface area (Å²) in [7, 11) is 1.59. The van der Waals surface area contributed by atoms with E-state index in [-0.39, 0.29) is 24.5 Å². The zero-order valence-corrected chi connectivity index (χ0v) is 16.2. The summed E-state index contributed by atoms with van der Waals surface area (Å²) in [5.41, 5.74) is 1.68. The van der Waals surface area contributed by atoms with Crippen molar-refractivity contribution >= 4 is 22.9 Å². The molecule has 1 amide bonds. The number of carbonyl (C=O) groups excluding carboxylic acids is 1. The maximum atomic E-state index is 12.3. The van der Waals surface area contributed by atoms with Gasteiger partial charge in [-0.25, -0.2) is 4.98 Å². The zero-order chi connectivity index (χ0) is 18.5. The van der Waals surface area contributed by atoms with Crippen molar-refractivity contribution in [3.8, 4) is 5.75 Å². The molecule has 0 bridgehead atoms. The van der Waals surface area contributed by atoms with E-state index >= 15 is 0 Å². The lowest BCUT2D eigenvalue weighted by Crippen LogP contribution is -2.44. The van der Waals surface area contributed by atoms with Gasteiger partial charge in [-0.2, -0.15) is 0 Å². The summed E-state index contributed by atoms with van der Waals surface area (Å²) in [6.07, 6.45) is 0.741. The number of aromatic nitrogens is 1. The van der Waals surface area contributed by atoms with Gasteiger partial charge in [-0.1, -0.05) is 12.1 Å². The molecule has 0 unspecified atom stereocenters. The molecule has 1 N–H and O–H groups in total. The monoisotopic (exact) mass is 375 g/mol. The fourth-order valence-electron chi connectivity index (χ4n) is 3.22. The van der Waals surface area contributed by atoms with Gasteiger partial charge in [0, 0.05) is 25.0 Å². The molecule has 6 nitrogen and oxygen atoms in total. The summed E-state index contributed by atoms with van der Waals surface area (Å²) in [5.74, 6) is 0.556. The lowest BCUT2D eigenvalue weighted by atomic mass is 10.2. The quantitative estimate of drug-likeness (QED) is 0.841. The van der Waals surface area contributed by atoms with E-state index in [9.17, 15) is 4.79 Å². The fourth-order valence-corrected chi connectivity index (χ4v) is 4.01. The van der Waals surface area contributed by atoms with Crippen molar-refractivity contribution in [2.75, 3.05) is 25.5 Å². The van der Waals surface area contributed by atoms with Crippen LogP contribution >= 0.6 is 11.3 Å². The highest BCUT2D eigenvalue weighted by Crippen LogP contribution is 2.23. The first kappa shape index (κ1) is 18.8. The first-order valence-corrected chi connectivity index (χ1v) is 9.65. The summed E-state index contributed by atoms with van der Waals surface area (Å²) in [6.45, 7) is 6.80. The largest absolute Gasteiger partial charge is 0.495 e. The lowest BCUT2D eigenvalue weighted by Gasteiger charge is -2.34. The highest BCUT2D eigenvalue weighted by atomic mass is 32.1. The van der Waals surface area contributed by atoms with E-state index in [2.05, 4.69) is 29.0 Å². The molecular weight excluding hydrogens is 350 g/mol. The molecule has 0 saturated carbocycles. The molecule has 26 heavy (non-hydrogen) atoms. The normalized spacial score (nSPS) is 20.7. The number of rotatable bonds is 6. The number of methoxy groups -OCH3 is 1. The van der Waals surface area contributed by atoms with Crippen molar-refractivity contribution in [1.29, 1.82) is 0 Å². The molecule has 1 aliphatic rings. The van der Waals surface area contributed by atoms with E-state index in [0.29, 0.717) is 11.4 Å². The van der Waals surface area contributed by atoms with Crippen LogP contribution < -0.4 is 10.1 Å². The van der Waals surface area contributed by atoms with Crippen LogP contribution in [-0.2, 0) is 22.5 Å². The number of nitrogens with one attached hydrogen (secondary N) is 1. The topological polar surface area (TPSA) is 63.7 Å². The minimum atomic E-state index is -0.0935. The van der Waals surface area contributed by atoms with Crippen molar-refractivity contribution in [2.45, 2.75) is 39.0 Å². The van der Waals surface area contributed by atoms with Crippen LogP contribution in [0.25, 0.3) is 0 Å². The third kappa shape index (κ3) is 5.03. The van der Waals surface area contributed by atoms with Gasteiger partial charge in [0.1, 0.15) is 10.8 Å². The molecule has 2 atom stereocenters. The Balaban J connectivity index is 1.55. The molecule has 0 radical (unpaired) electrons. The maximum absolute atomic E-state index is 12.3. The van der Waals surface area contributed by atoms with E-state index in [1.807, 2.05) is 29.6 Å². The van der Waals surface area contributed by atoms with Gasteiger partial charge in [0.2, 0.25) is 5.91 Å². The molecule has 0 spiro atoms. The average Bonchev–Trinajstić information content (AvgIpc) is 3.01. The van der Waals surface area contributed by atoms with Crippen LogP contribution in [0, 0.1) is 0 Å². The molecule has 1 aromatic carbocycles. The van der Waals surface area contributed by atoms with E-state index in [4.69, 9.17) is 9.47 Å². The van der Waals surface area contributed by atoms with Crippen LogP contribution in [0.5, 0.6) is 5.75 Å². The third-order valence-corrected chi connectivity index (χ3v) is 5.07. The summed E-state index contributed by atoms with van der Waals surface area (Å²) < 4.78 is 11.0. The van der Waals surface area contributed by atoms with Gasteiger partial charge in [-0.15, -0.1) is 11.3 Å². The number of hydrogen-bond acceptors (Lipinski definition) is 6. The van der Waals surface area contributed by atoms with Gasteiger partial charge >= 0.3 is 0 Å². The van der Waals surface area contributed by atoms with Crippen LogP contribution in [-0.4, -0.2) is 48.2 Å². The maximum Gasteiger partial charge on any atom is 0.231 e. The van der Waals surface area contributed by atoms with Crippen molar-refractivity contribution in [3.63, 3.8) is 0 Å². The van der Waals surface area contributed by atoms with Gasteiger partial charge < -0.3 is 14.8 Å². The van der Waals surface area contributed by atoms with Crippen molar-refractivity contribution in [3.05, 3.63) is 40.3 Å². The molecule has 1 aliphatic heterocycles. The van der Waals surface area contributed by atoms with Crippen molar-refractivity contribution < 1.29 is 14.3 Å². The first-order valence-electron chi connectivity index (χ1n) is 8.77. The molecule has 1 saturated heterocycles. The number of carbonyl (C=O) groups is 1. The second-order valence-electron chi connectivity index (χ2n) is 6.61. The Morgan fingerprint density at radius 2 is 2.08 bits per heavy atom. The van der Waals surface area contributed by atoms with Gasteiger partial charge in [0.25, 0.3) is 0 Å². The average molecular weight is 375 g/mol. The van der Waals surface area contributed by atoms with Crippen LogP contribution in [0.1, 0.15) is 24.5 Å². The number of para-hydroxylation sites is 2. The van der Waals surface area contributed by atoms with Crippen LogP contribution in [0.4, 0.5) is 5.69 Å². The Bertz CT molecular complexity index is 739. The number of nitrogens with zero attached hydrogens (tertiary/aromatic N) is 2. The van der Waals surface area contributed by atoms with Crippen molar-refractivity contribution in [2.24, 2.45) is 0 Å². The fraction of sp³-hybridized carbons (Fsp3) is 0.474. The molecule has 0 aliphatic carbocycles. The molecule has 2 heterocycles. The molecule has 2 aromatic rings. The predicted molar refractivity (Wildman–Crippen MR) is 103 cm³/mol. The van der Waals surface area contributed by atoms with Crippen LogP contribution in [0.15, 0.2) is 29.6 Å². The highest BCUT2D eigenvalue weighted by Gasteiger charge is 2.22. The van der Waals surface area contributed by atoms with Crippen LogP contribution in [0.3, 0.4) is 0 Å². The summed E-state index contributed by atoms with van der Waals surface area (Å²) >= 11 is 1.53. The SMILES string of the molecule is COc1ccccc1NC(=O)Cc1nc(CN2C[C@@H](C)O[C@@H](C)C2)cs1. The summed E-state index contributed by atoms with van der Waals surface area (Å²) in [6, 6.07) is 7.38. The predicted octanol–water partition coefficient (Wildman–Crippen LogP) is 2.94. The number of thiazole rings is 1. The lowest BCUT2D eigenvalue weighted by molar-refractivity contribution is -0.115. The number of amides is 1. The number of benzene rings is 1. The number of anilines is 1. The molecule has 1 aromatic heterocycles. The van der Waals surface area contributed by atoms with E-state index in [0.717, 1.165) is 30.3 Å². The van der Waals surface area contributed by atoms with Gasteiger partial charge in [0.05, 0.1) is 37.1 Å². The Hall–Kier alpha value is -1.96.